The molecule has 196 valence electrons. The number of phenolic OH excluding ortho intramolecular Hbond substituents is 1. The zero-order valence-corrected chi connectivity index (χ0v) is 21.2. The third-order valence-electron chi connectivity index (χ3n) is 8.42. The molecule has 0 aromatic heterocycles. The highest BCUT2D eigenvalue weighted by Gasteiger charge is 2.56. The Bertz CT molecular complexity index is 1630. The van der Waals surface area contributed by atoms with Gasteiger partial charge in [-0.25, -0.2) is 4.90 Å². The largest absolute Gasteiger partial charge is 0.508 e. The Labute approximate surface area is 223 Å². The van der Waals surface area contributed by atoms with Crippen molar-refractivity contribution in [1.29, 1.82) is 0 Å². The molecule has 1 fully saturated rings. The molecule has 0 radical (unpaired) electrons. The molecule has 9 heteroatoms. The Morgan fingerprint density at radius 1 is 1.00 bits per heavy atom. The predicted molar refractivity (Wildman–Crippen MR) is 140 cm³/mol. The number of imide groups is 1. The van der Waals surface area contributed by atoms with E-state index in [-0.39, 0.29) is 41.5 Å². The van der Waals surface area contributed by atoms with Gasteiger partial charge in [-0.2, -0.15) is 0 Å². The van der Waals surface area contributed by atoms with Gasteiger partial charge in [0.1, 0.15) is 5.75 Å². The molecular weight excluding hydrogens is 500 g/mol. The SMILES string of the molecule is CC1=CC(=O)C2=C(CC3C(=CCC4C(=O)N(c5cccc([N+](=O)[O-])c5)C(=O)C43)C2c2ccc(O)c(C)c2)C1=O. The fraction of sp³-hybridized carbons (Fsp3) is 0.267. The molecule has 0 spiro atoms. The third-order valence-corrected chi connectivity index (χ3v) is 8.42. The minimum atomic E-state index is -0.777. The van der Waals surface area contributed by atoms with Crippen LogP contribution in [-0.4, -0.2) is 33.4 Å². The number of fused-ring (bicyclic) bond motifs is 3. The van der Waals surface area contributed by atoms with Crippen molar-refractivity contribution in [2.75, 3.05) is 4.90 Å². The van der Waals surface area contributed by atoms with Gasteiger partial charge in [-0.3, -0.25) is 29.3 Å². The number of Topliss-reactive ketones (excluding diaryl/α,β-unsaturated/α-hetero) is 1. The van der Waals surface area contributed by atoms with E-state index < -0.39 is 40.4 Å². The topological polar surface area (TPSA) is 135 Å². The van der Waals surface area contributed by atoms with Crippen LogP contribution in [0.3, 0.4) is 0 Å². The summed E-state index contributed by atoms with van der Waals surface area (Å²) in [6.07, 6.45) is 3.67. The second-order valence-corrected chi connectivity index (χ2v) is 10.6. The average molecular weight is 525 g/mol. The van der Waals surface area contributed by atoms with E-state index in [1.165, 1.54) is 30.3 Å². The number of nitro benzene ring substituents is 1. The van der Waals surface area contributed by atoms with Crippen molar-refractivity contribution in [2.24, 2.45) is 17.8 Å². The Balaban J connectivity index is 1.48. The molecule has 1 heterocycles. The first kappa shape index (κ1) is 24.7. The fourth-order valence-electron chi connectivity index (χ4n) is 6.62. The molecule has 6 rings (SSSR count). The van der Waals surface area contributed by atoms with Crippen LogP contribution in [0, 0.1) is 34.8 Å². The van der Waals surface area contributed by atoms with E-state index in [1.54, 1.807) is 32.0 Å². The number of amides is 2. The number of nitrogens with zero attached hydrogens (tertiary/aromatic N) is 2. The minimum absolute atomic E-state index is 0.101. The maximum atomic E-state index is 13.9. The number of aromatic hydroxyl groups is 1. The molecule has 4 unspecified atom stereocenters. The maximum Gasteiger partial charge on any atom is 0.271 e. The van der Waals surface area contributed by atoms with E-state index in [4.69, 9.17) is 0 Å². The summed E-state index contributed by atoms with van der Waals surface area (Å²) < 4.78 is 0. The molecule has 1 aliphatic heterocycles. The first-order valence-corrected chi connectivity index (χ1v) is 12.7. The lowest BCUT2D eigenvalue weighted by Crippen LogP contribution is -2.39. The van der Waals surface area contributed by atoms with Crippen molar-refractivity contribution in [2.45, 2.75) is 32.6 Å². The molecule has 3 aliphatic carbocycles. The van der Waals surface area contributed by atoms with Crippen molar-refractivity contribution in [3.8, 4) is 5.75 Å². The number of allylic oxidation sites excluding steroid dienone is 6. The number of anilines is 1. The summed E-state index contributed by atoms with van der Waals surface area (Å²) >= 11 is 0. The molecule has 2 aromatic carbocycles. The van der Waals surface area contributed by atoms with Crippen LogP contribution < -0.4 is 4.90 Å². The van der Waals surface area contributed by atoms with Gasteiger partial charge in [-0.05, 0) is 61.9 Å². The monoisotopic (exact) mass is 524 g/mol. The zero-order valence-electron chi connectivity index (χ0n) is 21.2. The van der Waals surface area contributed by atoms with Crippen LogP contribution in [0.25, 0.3) is 0 Å². The molecule has 2 amide bonds. The fourth-order valence-corrected chi connectivity index (χ4v) is 6.62. The van der Waals surface area contributed by atoms with Crippen molar-refractivity contribution < 1.29 is 29.2 Å². The number of hydrogen-bond acceptors (Lipinski definition) is 7. The molecule has 4 atom stereocenters. The number of rotatable bonds is 3. The number of ketones is 2. The van der Waals surface area contributed by atoms with Gasteiger partial charge >= 0.3 is 0 Å². The highest BCUT2D eigenvalue weighted by molar-refractivity contribution is 6.25. The molecule has 1 saturated heterocycles. The first-order valence-electron chi connectivity index (χ1n) is 12.7. The normalized spacial score (nSPS) is 26.2. The van der Waals surface area contributed by atoms with E-state index in [2.05, 4.69) is 0 Å². The summed E-state index contributed by atoms with van der Waals surface area (Å²) in [5.41, 5.74) is 3.09. The summed E-state index contributed by atoms with van der Waals surface area (Å²) in [6.45, 7) is 3.33. The van der Waals surface area contributed by atoms with Gasteiger partial charge in [0, 0.05) is 34.8 Å². The molecule has 0 saturated carbocycles. The van der Waals surface area contributed by atoms with Gasteiger partial charge in [-0.15, -0.1) is 0 Å². The van der Waals surface area contributed by atoms with Gasteiger partial charge < -0.3 is 5.11 Å². The van der Waals surface area contributed by atoms with Crippen molar-refractivity contribution in [3.63, 3.8) is 0 Å². The Morgan fingerprint density at radius 2 is 1.77 bits per heavy atom. The summed E-state index contributed by atoms with van der Waals surface area (Å²) in [5, 5.41) is 21.5. The van der Waals surface area contributed by atoms with E-state index in [0.29, 0.717) is 27.8 Å². The lowest BCUT2D eigenvalue weighted by atomic mass is 9.59. The lowest BCUT2D eigenvalue weighted by Gasteiger charge is -2.42. The number of nitro groups is 1. The van der Waals surface area contributed by atoms with Crippen molar-refractivity contribution >= 4 is 34.8 Å². The molecule has 9 nitrogen and oxygen atoms in total. The van der Waals surface area contributed by atoms with Crippen LogP contribution in [-0.2, 0) is 19.2 Å². The number of carbonyl (C=O) groups is 4. The Hall–Kier alpha value is -4.66. The second kappa shape index (κ2) is 8.69. The van der Waals surface area contributed by atoms with Gasteiger partial charge in [0.15, 0.2) is 11.6 Å². The second-order valence-electron chi connectivity index (χ2n) is 10.6. The van der Waals surface area contributed by atoms with Crippen LogP contribution >= 0.6 is 0 Å². The Morgan fingerprint density at radius 3 is 2.49 bits per heavy atom. The standard InChI is InChI=1S/C30H24N2O7/c1-14-10-16(6-9-23(14)33)25-19-7-8-20-26(21(19)13-22-27(25)24(34)11-15(2)28(22)35)30(37)31(29(20)36)17-4-3-5-18(12-17)32(38)39/h3-7,9-12,20-21,25-26,33H,8,13H2,1-2H3. The van der Waals surface area contributed by atoms with E-state index in [0.717, 1.165) is 10.5 Å². The van der Waals surface area contributed by atoms with E-state index in [9.17, 15) is 34.4 Å². The summed E-state index contributed by atoms with van der Waals surface area (Å²) in [5.74, 6) is -3.87. The predicted octanol–water partition coefficient (Wildman–Crippen LogP) is 4.24. The molecule has 0 bridgehead atoms. The van der Waals surface area contributed by atoms with E-state index >= 15 is 0 Å². The number of non-ortho nitro benzene ring substituents is 1. The number of phenols is 1. The van der Waals surface area contributed by atoms with Gasteiger partial charge in [-0.1, -0.05) is 29.8 Å². The molecular formula is C30H24N2O7. The van der Waals surface area contributed by atoms with Gasteiger partial charge in [0.05, 0.1) is 22.4 Å². The van der Waals surface area contributed by atoms with Crippen molar-refractivity contribution in [3.05, 3.63) is 98.2 Å². The summed E-state index contributed by atoms with van der Waals surface area (Å²) in [6, 6.07) is 10.5. The number of aryl methyl sites for hydroxylation is 1. The van der Waals surface area contributed by atoms with Crippen LogP contribution in [0.15, 0.2) is 76.9 Å². The Kier molecular flexibility index (Phi) is 5.50. The number of benzene rings is 2. The first-order chi connectivity index (χ1) is 18.6. The summed E-state index contributed by atoms with van der Waals surface area (Å²) in [4.78, 5) is 65.9. The zero-order chi connectivity index (χ0) is 27.7. The number of hydrogen-bond donors (Lipinski definition) is 1. The lowest BCUT2D eigenvalue weighted by molar-refractivity contribution is -0.384. The minimum Gasteiger partial charge on any atom is -0.508 e. The third kappa shape index (κ3) is 3.60. The molecule has 4 aliphatic rings. The van der Waals surface area contributed by atoms with Crippen LogP contribution in [0.4, 0.5) is 11.4 Å². The number of carbonyl (C=O) groups excluding carboxylic acids is 4. The average Bonchev–Trinajstić information content (AvgIpc) is 3.17. The quantitative estimate of drug-likeness (QED) is 0.209. The highest BCUT2D eigenvalue weighted by Crippen LogP contribution is 2.55. The molecule has 39 heavy (non-hydrogen) atoms. The van der Waals surface area contributed by atoms with Crippen molar-refractivity contribution in [1.82, 2.24) is 0 Å². The van der Waals surface area contributed by atoms with Gasteiger partial charge in [0.25, 0.3) is 5.69 Å². The maximum absolute atomic E-state index is 13.9. The smallest absolute Gasteiger partial charge is 0.271 e. The van der Waals surface area contributed by atoms with Crippen LogP contribution in [0.1, 0.15) is 36.8 Å². The molecule has 1 N–H and O–H groups in total. The van der Waals surface area contributed by atoms with E-state index in [1.807, 2.05) is 6.08 Å². The van der Waals surface area contributed by atoms with Crippen LogP contribution in [0.2, 0.25) is 0 Å². The van der Waals surface area contributed by atoms with Crippen LogP contribution in [0.5, 0.6) is 5.75 Å². The summed E-state index contributed by atoms with van der Waals surface area (Å²) in [7, 11) is 0. The molecule has 2 aromatic rings. The van der Waals surface area contributed by atoms with Gasteiger partial charge in [0.2, 0.25) is 11.8 Å². The highest BCUT2D eigenvalue weighted by atomic mass is 16.6.